The molecule has 1 heterocycles. The molecule has 4 nitrogen and oxygen atoms in total. The summed E-state index contributed by atoms with van der Waals surface area (Å²) in [5.41, 5.74) is 5.93. The smallest absolute Gasteiger partial charge is 0.271 e. The van der Waals surface area contributed by atoms with E-state index < -0.39 is 0 Å². The fraction of sp³-hybridized carbons (Fsp3) is 0.0526. The molecule has 1 amide bonds. The van der Waals surface area contributed by atoms with Crippen LogP contribution >= 0.6 is 0 Å². The Labute approximate surface area is 135 Å². The molecule has 0 saturated heterocycles. The molecule has 0 radical (unpaired) electrons. The zero-order valence-electron chi connectivity index (χ0n) is 12.8. The molecule has 0 fully saturated rings. The van der Waals surface area contributed by atoms with Crippen molar-refractivity contribution in [1.82, 2.24) is 9.99 Å². The SMILES string of the molecule is C/C(=N/NC(=O)c1ccc(-n2cccc2)cc1)c1ccccc1. The maximum atomic E-state index is 12.2. The number of nitrogens with zero attached hydrogens (tertiary/aromatic N) is 2. The first-order valence-electron chi connectivity index (χ1n) is 7.37. The third kappa shape index (κ3) is 3.55. The third-order valence-corrected chi connectivity index (χ3v) is 3.55. The molecule has 4 heteroatoms. The van der Waals surface area contributed by atoms with Gasteiger partial charge in [-0.2, -0.15) is 5.10 Å². The fourth-order valence-electron chi connectivity index (χ4n) is 2.23. The number of carbonyl (C=O) groups excluding carboxylic acids is 1. The van der Waals surface area contributed by atoms with Crippen molar-refractivity contribution >= 4 is 11.6 Å². The Morgan fingerprint density at radius 3 is 2.17 bits per heavy atom. The van der Waals surface area contributed by atoms with Crippen LogP contribution in [0.2, 0.25) is 0 Å². The van der Waals surface area contributed by atoms with Crippen molar-refractivity contribution in [2.45, 2.75) is 6.92 Å². The minimum Gasteiger partial charge on any atom is -0.324 e. The normalized spacial score (nSPS) is 11.3. The van der Waals surface area contributed by atoms with E-state index >= 15 is 0 Å². The molecule has 0 aliphatic carbocycles. The van der Waals surface area contributed by atoms with E-state index in [9.17, 15) is 4.79 Å². The van der Waals surface area contributed by atoms with Gasteiger partial charge in [-0.3, -0.25) is 4.79 Å². The van der Waals surface area contributed by atoms with Gasteiger partial charge in [0.2, 0.25) is 0 Å². The summed E-state index contributed by atoms with van der Waals surface area (Å²) in [5.74, 6) is -0.223. The summed E-state index contributed by atoms with van der Waals surface area (Å²) in [7, 11) is 0. The van der Waals surface area contributed by atoms with Gasteiger partial charge in [-0.05, 0) is 48.9 Å². The molecule has 0 bridgehead atoms. The molecular formula is C19H17N3O. The van der Waals surface area contributed by atoms with Crippen molar-refractivity contribution in [3.05, 3.63) is 90.3 Å². The summed E-state index contributed by atoms with van der Waals surface area (Å²) >= 11 is 0. The summed E-state index contributed by atoms with van der Waals surface area (Å²) in [5, 5.41) is 4.15. The Kier molecular flexibility index (Phi) is 4.34. The first-order valence-corrected chi connectivity index (χ1v) is 7.37. The second-order valence-corrected chi connectivity index (χ2v) is 5.14. The van der Waals surface area contributed by atoms with Crippen LogP contribution in [0, 0.1) is 0 Å². The number of amides is 1. The van der Waals surface area contributed by atoms with Crippen molar-refractivity contribution in [2.75, 3.05) is 0 Å². The van der Waals surface area contributed by atoms with E-state index in [1.54, 1.807) is 12.1 Å². The Balaban J connectivity index is 1.69. The van der Waals surface area contributed by atoms with Crippen LogP contribution in [0.15, 0.2) is 84.2 Å². The lowest BCUT2D eigenvalue weighted by Gasteiger charge is -2.05. The molecule has 0 atom stereocenters. The highest BCUT2D eigenvalue weighted by atomic mass is 16.2. The number of carbonyl (C=O) groups is 1. The molecule has 0 unspecified atom stereocenters. The van der Waals surface area contributed by atoms with Crippen LogP contribution in [0.25, 0.3) is 5.69 Å². The number of benzene rings is 2. The lowest BCUT2D eigenvalue weighted by molar-refractivity contribution is 0.0955. The van der Waals surface area contributed by atoms with E-state index in [-0.39, 0.29) is 5.91 Å². The Morgan fingerprint density at radius 2 is 1.52 bits per heavy atom. The molecule has 0 saturated carbocycles. The monoisotopic (exact) mass is 303 g/mol. The average Bonchev–Trinajstić information content (AvgIpc) is 3.15. The van der Waals surface area contributed by atoms with Crippen LogP contribution in [0.5, 0.6) is 0 Å². The van der Waals surface area contributed by atoms with Crippen molar-refractivity contribution in [2.24, 2.45) is 5.10 Å². The van der Waals surface area contributed by atoms with E-state index in [1.807, 2.05) is 78.5 Å². The minimum atomic E-state index is -0.223. The van der Waals surface area contributed by atoms with Gasteiger partial charge in [0.1, 0.15) is 0 Å². The summed E-state index contributed by atoms with van der Waals surface area (Å²) < 4.78 is 1.99. The van der Waals surface area contributed by atoms with Crippen molar-refractivity contribution in [3.63, 3.8) is 0 Å². The molecule has 3 aromatic rings. The van der Waals surface area contributed by atoms with Crippen molar-refractivity contribution in [3.8, 4) is 5.69 Å². The predicted octanol–water partition coefficient (Wildman–Crippen LogP) is 3.63. The molecule has 0 aliphatic heterocycles. The van der Waals surface area contributed by atoms with E-state index in [2.05, 4.69) is 10.5 Å². The predicted molar refractivity (Wildman–Crippen MR) is 91.9 cm³/mol. The largest absolute Gasteiger partial charge is 0.324 e. The number of aromatic nitrogens is 1. The van der Waals surface area contributed by atoms with Gasteiger partial charge in [0.05, 0.1) is 5.71 Å². The number of hydrogen-bond donors (Lipinski definition) is 1. The van der Waals surface area contributed by atoms with Gasteiger partial charge < -0.3 is 4.57 Å². The summed E-state index contributed by atoms with van der Waals surface area (Å²) in [6, 6.07) is 21.0. The van der Waals surface area contributed by atoms with Crippen molar-refractivity contribution in [1.29, 1.82) is 0 Å². The minimum absolute atomic E-state index is 0.223. The number of nitrogens with one attached hydrogen (secondary N) is 1. The standard InChI is InChI=1S/C19H17N3O/c1-15(16-7-3-2-4-8-16)20-21-19(23)17-9-11-18(12-10-17)22-13-5-6-14-22/h2-14H,1H3,(H,21,23)/b20-15-. The Morgan fingerprint density at radius 1 is 0.870 bits per heavy atom. The zero-order valence-corrected chi connectivity index (χ0v) is 12.8. The molecule has 3 rings (SSSR count). The lowest BCUT2D eigenvalue weighted by Crippen LogP contribution is -2.19. The Bertz CT molecular complexity index is 804. The van der Waals surface area contributed by atoms with E-state index in [0.29, 0.717) is 5.56 Å². The molecule has 1 N–H and O–H groups in total. The van der Waals surface area contributed by atoms with Crippen LogP contribution in [0.3, 0.4) is 0 Å². The summed E-state index contributed by atoms with van der Waals surface area (Å²) in [6.45, 7) is 1.87. The second-order valence-electron chi connectivity index (χ2n) is 5.14. The fourth-order valence-corrected chi connectivity index (χ4v) is 2.23. The average molecular weight is 303 g/mol. The van der Waals surface area contributed by atoms with Crippen molar-refractivity contribution < 1.29 is 4.79 Å². The number of rotatable bonds is 4. The van der Waals surface area contributed by atoms with Gasteiger partial charge in [0.15, 0.2) is 0 Å². The van der Waals surface area contributed by atoms with Gasteiger partial charge in [-0.1, -0.05) is 30.3 Å². The summed E-state index contributed by atoms with van der Waals surface area (Å²) in [6.07, 6.45) is 3.92. The van der Waals surface area contributed by atoms with E-state index in [4.69, 9.17) is 0 Å². The highest BCUT2D eigenvalue weighted by Crippen LogP contribution is 2.10. The number of hydrogen-bond acceptors (Lipinski definition) is 2. The van der Waals surface area contributed by atoms with Crippen LogP contribution in [-0.4, -0.2) is 16.2 Å². The molecule has 1 aromatic heterocycles. The molecule has 0 spiro atoms. The topological polar surface area (TPSA) is 46.4 Å². The Hall–Kier alpha value is -3.14. The number of hydrazone groups is 1. The second kappa shape index (κ2) is 6.75. The van der Waals surface area contributed by atoms with Gasteiger partial charge in [0, 0.05) is 23.6 Å². The van der Waals surface area contributed by atoms with Crippen LogP contribution in [-0.2, 0) is 0 Å². The van der Waals surface area contributed by atoms with Crippen LogP contribution in [0.1, 0.15) is 22.8 Å². The molecule has 114 valence electrons. The maximum Gasteiger partial charge on any atom is 0.271 e. The van der Waals surface area contributed by atoms with Gasteiger partial charge in [0.25, 0.3) is 5.91 Å². The van der Waals surface area contributed by atoms with Crippen LogP contribution < -0.4 is 5.43 Å². The van der Waals surface area contributed by atoms with E-state index in [1.165, 1.54) is 0 Å². The molecule has 23 heavy (non-hydrogen) atoms. The van der Waals surface area contributed by atoms with Crippen LogP contribution in [0.4, 0.5) is 0 Å². The molecule has 2 aromatic carbocycles. The lowest BCUT2D eigenvalue weighted by atomic mass is 10.1. The zero-order chi connectivity index (χ0) is 16.1. The van der Waals surface area contributed by atoms with E-state index in [0.717, 1.165) is 17.0 Å². The quantitative estimate of drug-likeness (QED) is 0.580. The van der Waals surface area contributed by atoms with Gasteiger partial charge in [-0.15, -0.1) is 0 Å². The first-order chi connectivity index (χ1) is 11.2. The maximum absolute atomic E-state index is 12.2. The van der Waals surface area contributed by atoms with Gasteiger partial charge in [-0.25, -0.2) is 5.43 Å². The molecule has 0 aliphatic rings. The molecular weight excluding hydrogens is 286 g/mol. The highest BCUT2D eigenvalue weighted by molar-refractivity contribution is 6.00. The first kappa shape index (κ1) is 14.8. The third-order valence-electron chi connectivity index (χ3n) is 3.55. The highest BCUT2D eigenvalue weighted by Gasteiger charge is 2.05. The summed E-state index contributed by atoms with van der Waals surface area (Å²) in [4.78, 5) is 12.2. The van der Waals surface area contributed by atoms with Gasteiger partial charge >= 0.3 is 0 Å².